The Balaban J connectivity index is 1.70. The molecule has 1 aliphatic rings. The van der Waals surface area contributed by atoms with Gasteiger partial charge in [-0.05, 0) is 42.5 Å². The van der Waals surface area contributed by atoms with E-state index in [9.17, 15) is 9.59 Å². The zero-order chi connectivity index (χ0) is 18.3. The molecule has 0 atom stereocenters. The lowest BCUT2D eigenvalue weighted by Crippen LogP contribution is -2.04. The second kappa shape index (κ2) is 6.28. The number of hydrogen-bond donors (Lipinski definition) is 1. The van der Waals surface area contributed by atoms with Crippen molar-refractivity contribution in [3.8, 4) is 0 Å². The van der Waals surface area contributed by atoms with Crippen molar-refractivity contribution in [3.63, 3.8) is 0 Å². The summed E-state index contributed by atoms with van der Waals surface area (Å²) >= 11 is 5.88. The van der Waals surface area contributed by atoms with Crippen LogP contribution in [0.4, 0.5) is 5.69 Å². The van der Waals surface area contributed by atoms with E-state index in [-0.39, 0.29) is 11.7 Å². The van der Waals surface area contributed by atoms with Crippen molar-refractivity contribution in [1.29, 1.82) is 0 Å². The number of nitrogens with one attached hydrogen (secondary N) is 1. The Hall–Kier alpha value is -3.18. The molecule has 0 aliphatic carbocycles. The van der Waals surface area contributed by atoms with Crippen molar-refractivity contribution in [2.75, 3.05) is 5.32 Å². The normalized spacial score (nSPS) is 14.4. The molecule has 6 heteroatoms. The highest BCUT2D eigenvalue weighted by molar-refractivity contribution is 6.34. The van der Waals surface area contributed by atoms with Crippen LogP contribution in [0.5, 0.6) is 0 Å². The number of amides is 1. The van der Waals surface area contributed by atoms with Crippen LogP contribution in [0, 0.1) is 0 Å². The smallest absolute Gasteiger partial charge is 0.256 e. The van der Waals surface area contributed by atoms with Crippen molar-refractivity contribution < 1.29 is 9.59 Å². The highest BCUT2D eigenvalue weighted by Gasteiger charge is 2.24. The van der Waals surface area contributed by atoms with Gasteiger partial charge in [-0.15, -0.1) is 0 Å². The lowest BCUT2D eigenvalue weighted by molar-refractivity contribution is -0.110. The second-order valence-corrected chi connectivity index (χ2v) is 6.47. The largest absolute Gasteiger partial charge is 0.350 e. The second-order valence-electron chi connectivity index (χ2n) is 6.03. The fourth-order valence-corrected chi connectivity index (χ4v) is 3.08. The zero-order valence-electron chi connectivity index (χ0n) is 13.9. The minimum Gasteiger partial charge on any atom is -0.350 e. The summed E-state index contributed by atoms with van der Waals surface area (Å²) in [6, 6.07) is 10.3. The Labute approximate surface area is 154 Å². The maximum Gasteiger partial charge on any atom is 0.256 e. The first kappa shape index (κ1) is 16.3. The number of pyridine rings is 1. The summed E-state index contributed by atoms with van der Waals surface area (Å²) in [4.78, 5) is 28.9. The van der Waals surface area contributed by atoms with Gasteiger partial charge in [0.2, 0.25) is 0 Å². The first-order valence-corrected chi connectivity index (χ1v) is 8.35. The fraction of sp³-hybridized carbons (Fsp3) is 0.0500. The topological polar surface area (TPSA) is 64.0 Å². The summed E-state index contributed by atoms with van der Waals surface area (Å²) in [7, 11) is 1.84. The number of nitrogens with zero attached hydrogens (tertiary/aromatic N) is 2. The molecule has 0 fully saturated rings. The Morgan fingerprint density at radius 2 is 1.96 bits per heavy atom. The van der Waals surface area contributed by atoms with Crippen molar-refractivity contribution >= 4 is 40.6 Å². The van der Waals surface area contributed by atoms with Crippen molar-refractivity contribution in [3.05, 3.63) is 82.4 Å². The molecule has 2 aromatic heterocycles. The summed E-state index contributed by atoms with van der Waals surface area (Å²) in [6.07, 6.45) is 6.80. The van der Waals surface area contributed by atoms with E-state index in [1.807, 2.05) is 11.6 Å². The van der Waals surface area contributed by atoms with Gasteiger partial charge >= 0.3 is 0 Å². The number of halogens is 1. The van der Waals surface area contributed by atoms with Gasteiger partial charge in [0.05, 0.1) is 17.5 Å². The van der Waals surface area contributed by atoms with Crippen LogP contribution in [0.1, 0.15) is 27.2 Å². The van der Waals surface area contributed by atoms with Crippen molar-refractivity contribution in [1.82, 2.24) is 9.55 Å². The van der Waals surface area contributed by atoms with Crippen LogP contribution < -0.4 is 5.32 Å². The minimum atomic E-state index is -0.181. The van der Waals surface area contributed by atoms with Gasteiger partial charge in [-0.25, -0.2) is 0 Å². The Kier molecular flexibility index (Phi) is 3.93. The fourth-order valence-electron chi connectivity index (χ4n) is 2.95. The molecule has 5 nitrogen and oxygen atoms in total. The van der Waals surface area contributed by atoms with Crippen molar-refractivity contribution in [2.45, 2.75) is 0 Å². The number of ketones is 1. The van der Waals surface area contributed by atoms with Crippen LogP contribution in [0.15, 0.2) is 55.0 Å². The van der Waals surface area contributed by atoms with E-state index in [1.165, 1.54) is 0 Å². The Bertz CT molecular complexity index is 1060. The van der Waals surface area contributed by atoms with Crippen LogP contribution in [0.2, 0.25) is 5.02 Å². The molecular weight excluding hydrogens is 350 g/mol. The molecule has 1 aliphatic heterocycles. The average molecular weight is 364 g/mol. The number of carbonyl (C=O) groups excluding carboxylic acids is 2. The van der Waals surface area contributed by atoms with Crippen LogP contribution in [-0.2, 0) is 11.8 Å². The van der Waals surface area contributed by atoms with Gasteiger partial charge in [0.15, 0.2) is 5.78 Å². The average Bonchev–Trinajstić information content (AvgIpc) is 3.16. The molecule has 0 unspecified atom stereocenters. The molecule has 128 valence electrons. The maximum atomic E-state index is 12.7. The molecule has 26 heavy (non-hydrogen) atoms. The molecular formula is C20H14ClN3O2. The van der Waals surface area contributed by atoms with Crippen LogP contribution in [0.25, 0.3) is 11.6 Å². The van der Waals surface area contributed by atoms with Crippen LogP contribution in [-0.4, -0.2) is 21.2 Å². The predicted molar refractivity (Wildman–Crippen MR) is 101 cm³/mol. The van der Waals surface area contributed by atoms with E-state index >= 15 is 0 Å². The van der Waals surface area contributed by atoms with Crippen LogP contribution >= 0.6 is 11.6 Å². The molecule has 0 radical (unpaired) electrons. The molecule has 0 saturated carbocycles. The first-order valence-electron chi connectivity index (χ1n) is 7.97. The number of hydrogen-bond acceptors (Lipinski definition) is 3. The van der Waals surface area contributed by atoms with E-state index in [1.54, 1.807) is 61.1 Å². The summed E-state index contributed by atoms with van der Waals surface area (Å²) < 4.78 is 1.82. The number of fused-ring (bicyclic) bond motifs is 1. The number of benzene rings is 1. The highest BCUT2D eigenvalue weighted by Crippen LogP contribution is 2.32. The molecule has 1 amide bonds. The van der Waals surface area contributed by atoms with E-state index in [2.05, 4.69) is 10.3 Å². The number of rotatable bonds is 3. The predicted octanol–water partition coefficient (Wildman–Crippen LogP) is 3.80. The SMILES string of the molecule is Cn1cc(C(=O)c2ccc(Cl)cc2)cc1C=C1C(=O)Nc2cnccc21. The van der Waals surface area contributed by atoms with Gasteiger partial charge < -0.3 is 9.88 Å². The first-order chi connectivity index (χ1) is 12.5. The summed E-state index contributed by atoms with van der Waals surface area (Å²) in [5.74, 6) is -0.276. The Morgan fingerprint density at radius 1 is 1.19 bits per heavy atom. The summed E-state index contributed by atoms with van der Waals surface area (Å²) in [5.41, 5.74) is 3.92. The van der Waals surface area contributed by atoms with Gasteiger partial charge in [-0.2, -0.15) is 0 Å². The number of aryl methyl sites for hydroxylation is 1. The number of aromatic nitrogens is 2. The Morgan fingerprint density at radius 3 is 2.73 bits per heavy atom. The van der Waals surface area contributed by atoms with Gasteiger partial charge in [-0.1, -0.05) is 11.6 Å². The van der Waals surface area contributed by atoms with E-state index < -0.39 is 0 Å². The van der Waals surface area contributed by atoms with Crippen molar-refractivity contribution in [2.24, 2.45) is 7.05 Å². The molecule has 4 rings (SSSR count). The number of carbonyl (C=O) groups is 2. The quantitative estimate of drug-likeness (QED) is 0.568. The molecule has 3 heterocycles. The molecule has 1 N–H and O–H groups in total. The lowest BCUT2D eigenvalue weighted by atomic mass is 10.0. The minimum absolute atomic E-state index is 0.0950. The lowest BCUT2D eigenvalue weighted by Gasteiger charge is -1.99. The standard InChI is InChI=1S/C20H14ClN3O2/c1-24-11-13(19(25)12-2-4-14(21)5-3-12)8-15(24)9-17-16-6-7-22-10-18(16)23-20(17)26/h2-11H,1H3,(H,23,26). The van der Waals surface area contributed by atoms with Gasteiger partial charge in [-0.3, -0.25) is 14.6 Å². The molecule has 0 bridgehead atoms. The van der Waals surface area contributed by atoms with Gasteiger partial charge in [0.1, 0.15) is 0 Å². The van der Waals surface area contributed by atoms with E-state index in [0.717, 1.165) is 11.3 Å². The maximum absolute atomic E-state index is 12.7. The highest BCUT2D eigenvalue weighted by atomic mass is 35.5. The third-order valence-corrected chi connectivity index (χ3v) is 4.56. The summed E-state index contributed by atoms with van der Waals surface area (Å²) in [5, 5.41) is 3.37. The molecule has 3 aromatic rings. The van der Waals surface area contributed by atoms with Gasteiger partial charge in [0.25, 0.3) is 5.91 Å². The summed E-state index contributed by atoms with van der Waals surface area (Å²) in [6.45, 7) is 0. The third kappa shape index (κ3) is 2.82. The third-order valence-electron chi connectivity index (χ3n) is 4.31. The molecule has 1 aromatic carbocycles. The zero-order valence-corrected chi connectivity index (χ0v) is 14.6. The van der Waals surface area contributed by atoms with E-state index in [0.29, 0.717) is 27.4 Å². The van der Waals surface area contributed by atoms with Crippen LogP contribution in [0.3, 0.4) is 0 Å². The van der Waals surface area contributed by atoms with E-state index in [4.69, 9.17) is 11.6 Å². The molecule has 0 spiro atoms. The number of anilines is 1. The molecule has 0 saturated heterocycles. The monoisotopic (exact) mass is 363 g/mol. The van der Waals surface area contributed by atoms with Gasteiger partial charge in [0, 0.05) is 46.8 Å².